The van der Waals surface area contributed by atoms with E-state index in [1.807, 2.05) is 36.4 Å². The maximum absolute atomic E-state index is 3.61. The first kappa shape index (κ1) is 15.8. The molecule has 0 saturated heterocycles. The lowest BCUT2D eigenvalue weighted by Crippen LogP contribution is -2.09. The molecule has 4 heteroatoms. The minimum atomic E-state index is 1.01. The van der Waals surface area contributed by atoms with E-state index < -0.39 is 0 Å². The molecule has 0 unspecified atom stereocenters. The van der Waals surface area contributed by atoms with Gasteiger partial charge >= 0.3 is 0 Å². The Morgan fingerprint density at radius 3 is 1.36 bits per heavy atom. The van der Waals surface area contributed by atoms with Gasteiger partial charge in [0.1, 0.15) is 0 Å². The Kier molecular flexibility index (Phi) is 5.01. The van der Waals surface area contributed by atoms with Crippen LogP contribution in [0.3, 0.4) is 0 Å². The number of benzene rings is 3. The monoisotopic (exact) mass is 479 g/mol. The normalized spacial score (nSPS) is 10.5. The number of nitrogens with zero attached hydrogens (tertiary/aromatic N) is 1. The Labute approximate surface area is 155 Å². The molecule has 22 heavy (non-hydrogen) atoms. The van der Waals surface area contributed by atoms with Crippen LogP contribution in [0.4, 0.5) is 17.1 Å². The van der Waals surface area contributed by atoms with Crippen molar-refractivity contribution in [1.29, 1.82) is 0 Å². The van der Waals surface area contributed by atoms with Crippen molar-refractivity contribution < 1.29 is 0 Å². The van der Waals surface area contributed by atoms with E-state index in [4.69, 9.17) is 0 Å². The summed E-state index contributed by atoms with van der Waals surface area (Å²) in [7, 11) is 0. The van der Waals surface area contributed by atoms with Gasteiger partial charge in [0.05, 0.1) is 0 Å². The van der Waals surface area contributed by atoms with Crippen molar-refractivity contribution >= 4 is 64.9 Å². The fourth-order valence-corrected chi connectivity index (χ4v) is 3.66. The quantitative estimate of drug-likeness (QED) is 0.351. The third-order valence-corrected chi connectivity index (χ3v) is 6.42. The lowest BCUT2D eigenvalue weighted by Gasteiger charge is -2.26. The fourth-order valence-electron chi connectivity index (χ4n) is 2.27. The van der Waals surface area contributed by atoms with E-state index in [1.165, 1.54) is 0 Å². The maximum atomic E-state index is 3.61. The summed E-state index contributed by atoms with van der Waals surface area (Å²) >= 11 is 10.8. The molecular formula is C18H12Br3N. The summed E-state index contributed by atoms with van der Waals surface area (Å²) in [6.07, 6.45) is 0. The van der Waals surface area contributed by atoms with Crippen LogP contribution in [0.1, 0.15) is 0 Å². The standard InChI is InChI=1S/C18H12Br3N/c19-16-11-15(12-17(20)18(16)21)22(13-7-3-1-4-8-13)14-9-5-2-6-10-14/h1-12H. The summed E-state index contributed by atoms with van der Waals surface area (Å²) in [4.78, 5) is 2.22. The third-order valence-electron chi connectivity index (χ3n) is 3.26. The molecule has 3 aromatic carbocycles. The van der Waals surface area contributed by atoms with Gasteiger partial charge in [-0.2, -0.15) is 0 Å². The Bertz CT molecular complexity index is 710. The number of hydrogen-bond acceptors (Lipinski definition) is 1. The zero-order chi connectivity index (χ0) is 15.5. The predicted octanol–water partition coefficient (Wildman–Crippen LogP) is 7.44. The molecule has 110 valence electrons. The van der Waals surface area contributed by atoms with Crippen molar-refractivity contribution in [3.05, 3.63) is 86.2 Å². The van der Waals surface area contributed by atoms with Crippen LogP contribution in [0.5, 0.6) is 0 Å². The summed E-state index contributed by atoms with van der Waals surface area (Å²) in [5, 5.41) is 0. The molecule has 1 nitrogen and oxygen atoms in total. The van der Waals surface area contributed by atoms with Crippen LogP contribution >= 0.6 is 47.8 Å². The molecule has 0 aliphatic rings. The van der Waals surface area contributed by atoms with Gasteiger partial charge in [-0.25, -0.2) is 0 Å². The topological polar surface area (TPSA) is 3.24 Å². The summed E-state index contributed by atoms with van der Waals surface area (Å²) in [5.41, 5.74) is 3.32. The van der Waals surface area contributed by atoms with Crippen molar-refractivity contribution in [3.63, 3.8) is 0 Å². The molecule has 0 radical (unpaired) electrons. The summed E-state index contributed by atoms with van der Waals surface area (Å²) in [6, 6.07) is 24.9. The second-order valence-electron chi connectivity index (χ2n) is 4.73. The molecule has 0 heterocycles. The number of hydrogen-bond donors (Lipinski definition) is 0. The first-order valence-corrected chi connectivity index (χ1v) is 9.09. The number of halogens is 3. The molecule has 0 saturated carbocycles. The Morgan fingerprint density at radius 2 is 0.955 bits per heavy atom. The minimum Gasteiger partial charge on any atom is -0.310 e. The van der Waals surface area contributed by atoms with E-state index in [2.05, 4.69) is 89.1 Å². The van der Waals surface area contributed by atoms with Crippen LogP contribution < -0.4 is 4.90 Å². The van der Waals surface area contributed by atoms with Gasteiger partial charge in [0.25, 0.3) is 0 Å². The van der Waals surface area contributed by atoms with E-state index in [0.717, 1.165) is 30.5 Å². The SMILES string of the molecule is Brc1cc(N(c2ccccc2)c2ccccc2)cc(Br)c1Br. The van der Waals surface area contributed by atoms with E-state index in [1.54, 1.807) is 0 Å². The average Bonchev–Trinajstić information content (AvgIpc) is 2.55. The van der Waals surface area contributed by atoms with Crippen molar-refractivity contribution in [2.45, 2.75) is 0 Å². The van der Waals surface area contributed by atoms with Gasteiger partial charge in [-0.3, -0.25) is 0 Å². The van der Waals surface area contributed by atoms with Crippen LogP contribution in [-0.2, 0) is 0 Å². The average molecular weight is 482 g/mol. The Morgan fingerprint density at radius 1 is 0.545 bits per heavy atom. The smallest absolute Gasteiger partial charge is 0.0484 e. The van der Waals surface area contributed by atoms with Crippen LogP contribution in [0.2, 0.25) is 0 Å². The molecule has 0 aliphatic carbocycles. The van der Waals surface area contributed by atoms with Gasteiger partial charge < -0.3 is 4.90 Å². The van der Waals surface area contributed by atoms with Gasteiger partial charge in [0, 0.05) is 30.5 Å². The molecule has 0 N–H and O–H groups in total. The molecule has 0 amide bonds. The Hall–Kier alpha value is -1.10. The molecule has 0 aliphatic heterocycles. The second kappa shape index (κ2) is 6.99. The maximum Gasteiger partial charge on any atom is 0.0484 e. The van der Waals surface area contributed by atoms with Gasteiger partial charge in [0.15, 0.2) is 0 Å². The largest absolute Gasteiger partial charge is 0.310 e. The molecule has 3 rings (SSSR count). The van der Waals surface area contributed by atoms with Crippen LogP contribution in [-0.4, -0.2) is 0 Å². The lowest BCUT2D eigenvalue weighted by atomic mass is 10.2. The summed E-state index contributed by atoms with van der Waals surface area (Å²) in [6.45, 7) is 0. The highest BCUT2D eigenvalue weighted by atomic mass is 79.9. The zero-order valence-corrected chi connectivity index (χ0v) is 16.3. The van der Waals surface area contributed by atoms with Crippen molar-refractivity contribution in [1.82, 2.24) is 0 Å². The molecule has 0 atom stereocenters. The van der Waals surface area contributed by atoms with Crippen LogP contribution in [0.15, 0.2) is 86.2 Å². The molecule has 0 bridgehead atoms. The molecule has 3 aromatic rings. The van der Waals surface area contributed by atoms with Gasteiger partial charge in [-0.05, 0) is 84.2 Å². The van der Waals surface area contributed by atoms with Crippen LogP contribution in [0.25, 0.3) is 0 Å². The second-order valence-corrected chi connectivity index (χ2v) is 7.23. The van der Waals surface area contributed by atoms with Crippen molar-refractivity contribution in [3.8, 4) is 0 Å². The fraction of sp³-hybridized carbons (Fsp3) is 0. The highest BCUT2D eigenvalue weighted by Crippen LogP contribution is 2.40. The van der Waals surface area contributed by atoms with Crippen molar-refractivity contribution in [2.24, 2.45) is 0 Å². The molecule has 0 aromatic heterocycles. The van der Waals surface area contributed by atoms with Gasteiger partial charge in [0.2, 0.25) is 0 Å². The minimum absolute atomic E-state index is 1.01. The highest BCUT2D eigenvalue weighted by molar-refractivity contribution is 9.14. The molecule has 0 spiro atoms. The van der Waals surface area contributed by atoms with E-state index in [0.29, 0.717) is 0 Å². The lowest BCUT2D eigenvalue weighted by molar-refractivity contribution is 1.27. The highest BCUT2D eigenvalue weighted by Gasteiger charge is 2.14. The predicted molar refractivity (Wildman–Crippen MR) is 104 cm³/mol. The molecular weight excluding hydrogens is 470 g/mol. The van der Waals surface area contributed by atoms with E-state index in [-0.39, 0.29) is 0 Å². The molecule has 0 fully saturated rings. The first-order chi connectivity index (χ1) is 10.7. The van der Waals surface area contributed by atoms with Crippen LogP contribution in [0, 0.1) is 0 Å². The first-order valence-electron chi connectivity index (χ1n) is 6.71. The summed E-state index contributed by atoms with van der Waals surface area (Å²) < 4.78 is 3.03. The van der Waals surface area contributed by atoms with E-state index >= 15 is 0 Å². The third kappa shape index (κ3) is 3.29. The van der Waals surface area contributed by atoms with Crippen molar-refractivity contribution in [2.75, 3.05) is 4.90 Å². The van der Waals surface area contributed by atoms with Gasteiger partial charge in [-0.15, -0.1) is 0 Å². The zero-order valence-electron chi connectivity index (χ0n) is 11.5. The number of anilines is 3. The van der Waals surface area contributed by atoms with Gasteiger partial charge in [-0.1, -0.05) is 36.4 Å². The Balaban J connectivity index is 2.19. The summed E-state index contributed by atoms with van der Waals surface area (Å²) in [5.74, 6) is 0. The number of para-hydroxylation sites is 2. The number of rotatable bonds is 3. The van der Waals surface area contributed by atoms with E-state index in [9.17, 15) is 0 Å².